The van der Waals surface area contributed by atoms with Crippen LogP contribution in [0.5, 0.6) is 0 Å². The van der Waals surface area contributed by atoms with Crippen molar-refractivity contribution in [1.82, 2.24) is 9.62 Å². The molecular weight excluding hydrogens is 384 g/mol. The van der Waals surface area contributed by atoms with Gasteiger partial charge >= 0.3 is 0 Å². The van der Waals surface area contributed by atoms with Gasteiger partial charge in [0, 0.05) is 24.2 Å². The summed E-state index contributed by atoms with van der Waals surface area (Å²) in [6, 6.07) is 13.8. The van der Waals surface area contributed by atoms with Crippen molar-refractivity contribution >= 4 is 27.5 Å². The van der Waals surface area contributed by atoms with Crippen LogP contribution in [0, 0.1) is 6.92 Å². The topological polar surface area (TPSA) is 66.5 Å². The number of carbonyl (C=O) groups excluding carboxylic acids is 1. The van der Waals surface area contributed by atoms with Crippen LogP contribution in [-0.4, -0.2) is 38.4 Å². The molecule has 0 aliphatic carbocycles. The Morgan fingerprint density at radius 2 is 1.74 bits per heavy atom. The summed E-state index contributed by atoms with van der Waals surface area (Å²) in [4.78, 5) is 14.6. The van der Waals surface area contributed by atoms with Crippen molar-refractivity contribution in [2.24, 2.45) is 0 Å². The van der Waals surface area contributed by atoms with Gasteiger partial charge in [0.1, 0.15) is 0 Å². The van der Waals surface area contributed by atoms with Crippen molar-refractivity contribution in [2.75, 3.05) is 13.1 Å². The van der Waals surface area contributed by atoms with E-state index in [4.69, 9.17) is 11.6 Å². The van der Waals surface area contributed by atoms with Gasteiger partial charge in [0.25, 0.3) is 0 Å². The summed E-state index contributed by atoms with van der Waals surface area (Å²) in [5, 5.41) is 0.495. The molecule has 0 spiro atoms. The molecule has 1 heterocycles. The van der Waals surface area contributed by atoms with Crippen molar-refractivity contribution in [2.45, 2.75) is 37.1 Å². The van der Waals surface area contributed by atoms with E-state index in [0.717, 1.165) is 11.1 Å². The van der Waals surface area contributed by atoms with E-state index >= 15 is 0 Å². The normalized spacial score (nSPS) is 15.7. The first-order valence-electron chi connectivity index (χ1n) is 8.95. The van der Waals surface area contributed by atoms with Gasteiger partial charge in [-0.3, -0.25) is 4.79 Å². The maximum Gasteiger partial charge on any atom is 0.240 e. The van der Waals surface area contributed by atoms with Gasteiger partial charge in [-0.25, -0.2) is 13.1 Å². The first kappa shape index (κ1) is 19.9. The van der Waals surface area contributed by atoms with Crippen molar-refractivity contribution in [1.29, 1.82) is 0 Å². The number of rotatable bonds is 5. The number of piperidine rings is 1. The molecule has 1 N–H and O–H groups in total. The van der Waals surface area contributed by atoms with Crippen LogP contribution >= 0.6 is 11.6 Å². The second-order valence-electron chi connectivity index (χ2n) is 6.83. The van der Waals surface area contributed by atoms with E-state index < -0.39 is 10.0 Å². The third-order valence-corrected chi connectivity index (χ3v) is 6.68. The summed E-state index contributed by atoms with van der Waals surface area (Å²) in [7, 11) is -3.58. The Bertz CT molecular complexity index is 905. The Morgan fingerprint density at radius 3 is 2.37 bits per heavy atom. The maximum atomic E-state index is 12.5. The third-order valence-electron chi connectivity index (χ3n) is 4.90. The van der Waals surface area contributed by atoms with Gasteiger partial charge in [0.05, 0.1) is 11.3 Å². The van der Waals surface area contributed by atoms with Crippen LogP contribution in [0.2, 0.25) is 5.02 Å². The molecule has 2 aromatic carbocycles. The highest BCUT2D eigenvalue weighted by molar-refractivity contribution is 7.89. The van der Waals surface area contributed by atoms with E-state index in [1.54, 1.807) is 12.1 Å². The monoisotopic (exact) mass is 406 g/mol. The van der Waals surface area contributed by atoms with Crippen LogP contribution in [0.15, 0.2) is 53.4 Å². The molecule has 7 heteroatoms. The molecule has 0 saturated carbocycles. The van der Waals surface area contributed by atoms with E-state index in [2.05, 4.69) is 4.72 Å². The number of nitrogens with one attached hydrogen (secondary N) is 1. The molecule has 1 aliphatic rings. The number of hydrogen-bond acceptors (Lipinski definition) is 3. The molecule has 2 aromatic rings. The second kappa shape index (κ2) is 8.42. The largest absolute Gasteiger partial charge is 0.342 e. The zero-order chi connectivity index (χ0) is 19.4. The number of benzene rings is 2. The lowest BCUT2D eigenvalue weighted by Crippen LogP contribution is -2.46. The summed E-state index contributed by atoms with van der Waals surface area (Å²) in [5.41, 5.74) is 2.14. The first-order chi connectivity index (χ1) is 12.8. The summed E-state index contributed by atoms with van der Waals surface area (Å²) >= 11 is 5.81. The smallest absolute Gasteiger partial charge is 0.240 e. The Kier molecular flexibility index (Phi) is 6.19. The van der Waals surface area contributed by atoms with Crippen molar-refractivity contribution in [3.05, 3.63) is 64.7 Å². The minimum Gasteiger partial charge on any atom is -0.342 e. The summed E-state index contributed by atoms with van der Waals surface area (Å²) < 4.78 is 27.7. The van der Waals surface area contributed by atoms with E-state index in [1.807, 2.05) is 36.1 Å². The number of carbonyl (C=O) groups is 1. The lowest BCUT2D eigenvalue weighted by Gasteiger charge is -2.32. The molecule has 0 radical (unpaired) electrons. The average molecular weight is 407 g/mol. The van der Waals surface area contributed by atoms with E-state index in [-0.39, 0.29) is 16.8 Å². The third kappa shape index (κ3) is 5.09. The molecule has 27 heavy (non-hydrogen) atoms. The number of hydrogen-bond donors (Lipinski definition) is 1. The van der Waals surface area contributed by atoms with Crippen molar-refractivity contribution in [3.8, 4) is 0 Å². The van der Waals surface area contributed by atoms with Crippen LogP contribution in [0.25, 0.3) is 0 Å². The first-order valence-corrected chi connectivity index (χ1v) is 10.8. The van der Waals surface area contributed by atoms with E-state index in [0.29, 0.717) is 37.4 Å². The fourth-order valence-electron chi connectivity index (χ4n) is 3.23. The Balaban J connectivity index is 1.55. The zero-order valence-corrected chi connectivity index (χ0v) is 16.8. The lowest BCUT2D eigenvalue weighted by molar-refractivity contribution is -0.131. The van der Waals surface area contributed by atoms with Gasteiger partial charge in [-0.1, -0.05) is 35.9 Å². The number of sulfonamides is 1. The molecule has 1 fully saturated rings. The summed E-state index contributed by atoms with van der Waals surface area (Å²) in [6.45, 7) is 3.11. The van der Waals surface area contributed by atoms with Gasteiger partial charge < -0.3 is 4.90 Å². The predicted octanol–water partition coefficient (Wildman–Crippen LogP) is 3.16. The predicted molar refractivity (Wildman–Crippen MR) is 106 cm³/mol. The summed E-state index contributed by atoms with van der Waals surface area (Å²) in [5.74, 6) is 0.0864. The number of likely N-dealkylation sites (tertiary alicyclic amines) is 1. The number of amides is 1. The fourth-order valence-corrected chi connectivity index (χ4v) is 4.66. The van der Waals surface area contributed by atoms with E-state index in [9.17, 15) is 13.2 Å². The molecular formula is C20H23ClN2O3S. The average Bonchev–Trinajstić information content (AvgIpc) is 2.64. The van der Waals surface area contributed by atoms with Crippen LogP contribution in [0.1, 0.15) is 24.0 Å². The van der Waals surface area contributed by atoms with E-state index in [1.165, 1.54) is 12.1 Å². The lowest BCUT2D eigenvalue weighted by atomic mass is 10.0. The fraction of sp³-hybridized carbons (Fsp3) is 0.350. The highest BCUT2D eigenvalue weighted by atomic mass is 35.5. The van der Waals surface area contributed by atoms with Crippen molar-refractivity contribution < 1.29 is 13.2 Å². The standard InChI is InChI=1S/C20H23ClN2O3S/c1-15-4-2-3-5-16(15)14-20(24)23-12-10-18(11-13-23)22-27(25,26)19-8-6-17(21)7-9-19/h2-9,18,22H,10-14H2,1H3. The molecule has 0 aromatic heterocycles. The van der Waals surface area contributed by atoms with Crippen LogP contribution < -0.4 is 4.72 Å². The Morgan fingerprint density at radius 1 is 1.11 bits per heavy atom. The molecule has 0 unspecified atom stereocenters. The highest BCUT2D eigenvalue weighted by Crippen LogP contribution is 2.18. The highest BCUT2D eigenvalue weighted by Gasteiger charge is 2.26. The molecule has 3 rings (SSSR count). The van der Waals surface area contributed by atoms with Crippen LogP contribution in [0.3, 0.4) is 0 Å². The molecule has 144 valence electrons. The van der Waals surface area contributed by atoms with Gasteiger partial charge in [-0.05, 0) is 55.2 Å². The van der Waals surface area contributed by atoms with Gasteiger partial charge in [-0.2, -0.15) is 0 Å². The van der Waals surface area contributed by atoms with Gasteiger partial charge in [0.15, 0.2) is 0 Å². The van der Waals surface area contributed by atoms with Crippen molar-refractivity contribution in [3.63, 3.8) is 0 Å². The molecule has 1 amide bonds. The van der Waals surface area contributed by atoms with Crippen LogP contribution in [0.4, 0.5) is 0 Å². The molecule has 1 saturated heterocycles. The molecule has 0 bridgehead atoms. The van der Waals surface area contributed by atoms with Gasteiger partial charge in [0.2, 0.25) is 15.9 Å². The van der Waals surface area contributed by atoms with Gasteiger partial charge in [-0.15, -0.1) is 0 Å². The Labute approximate surface area is 165 Å². The quantitative estimate of drug-likeness (QED) is 0.829. The number of aryl methyl sites for hydroxylation is 1. The van der Waals surface area contributed by atoms with Crippen LogP contribution in [-0.2, 0) is 21.2 Å². The molecule has 1 aliphatic heterocycles. The summed E-state index contributed by atoms with van der Waals surface area (Å²) in [6.07, 6.45) is 1.59. The SMILES string of the molecule is Cc1ccccc1CC(=O)N1CCC(NS(=O)(=O)c2ccc(Cl)cc2)CC1. The zero-order valence-electron chi connectivity index (χ0n) is 15.2. The number of halogens is 1. The minimum atomic E-state index is -3.58. The number of nitrogens with zero attached hydrogens (tertiary/aromatic N) is 1. The Hall–Kier alpha value is -1.89. The minimum absolute atomic E-state index is 0.0864. The molecule has 5 nitrogen and oxygen atoms in total. The second-order valence-corrected chi connectivity index (χ2v) is 8.98. The molecule has 0 atom stereocenters. The maximum absolute atomic E-state index is 12.5.